The molecule has 1 aromatic carbocycles. The van der Waals surface area contributed by atoms with Crippen LogP contribution in [0.4, 0.5) is 0 Å². The normalized spacial score (nSPS) is 21.9. The molecule has 0 spiro atoms. The van der Waals surface area contributed by atoms with Crippen molar-refractivity contribution in [1.29, 1.82) is 0 Å². The Morgan fingerprint density at radius 2 is 2.09 bits per heavy atom. The monoisotopic (exact) mass is 159 g/mol. The Morgan fingerprint density at radius 1 is 1.36 bits per heavy atom. The molecule has 53 valence electrons. The van der Waals surface area contributed by atoms with Gasteiger partial charge in [0, 0.05) is 21.3 Å². The first kappa shape index (κ1) is 6.79. The van der Waals surface area contributed by atoms with Crippen molar-refractivity contribution in [2.45, 2.75) is 12.0 Å². The number of ketones is 1. The van der Waals surface area contributed by atoms with Crippen LogP contribution in [0.15, 0.2) is 24.3 Å². The van der Waals surface area contributed by atoms with E-state index in [1.54, 1.807) is 0 Å². The molecule has 1 aromatic rings. The maximum absolute atomic E-state index is 11.3. The molecule has 1 aliphatic rings. The molecular formula is C9H7OSi. The zero-order valence-electron chi connectivity index (χ0n) is 6.00. The van der Waals surface area contributed by atoms with E-state index in [2.05, 4.69) is 10.2 Å². The molecule has 0 aromatic heterocycles. The van der Waals surface area contributed by atoms with Crippen LogP contribution < -0.4 is 0 Å². The van der Waals surface area contributed by atoms with Crippen LogP contribution >= 0.6 is 0 Å². The molecule has 0 aliphatic heterocycles. The molecule has 1 aliphatic carbocycles. The Kier molecular flexibility index (Phi) is 1.43. The highest BCUT2D eigenvalue weighted by atomic mass is 28.1. The minimum Gasteiger partial charge on any atom is -0.294 e. The summed E-state index contributed by atoms with van der Waals surface area (Å²) in [4.78, 5) is 11.3. The summed E-state index contributed by atoms with van der Waals surface area (Å²) in [5.41, 5.74) is 2.05. The van der Waals surface area contributed by atoms with Gasteiger partial charge in [-0.15, -0.1) is 0 Å². The van der Waals surface area contributed by atoms with E-state index in [9.17, 15) is 4.79 Å². The molecule has 2 rings (SSSR count). The lowest BCUT2D eigenvalue weighted by Crippen LogP contribution is -2.00. The highest BCUT2D eigenvalue weighted by Gasteiger charge is 2.25. The molecule has 1 atom stereocenters. The van der Waals surface area contributed by atoms with Gasteiger partial charge in [0.1, 0.15) is 0 Å². The van der Waals surface area contributed by atoms with E-state index >= 15 is 0 Å². The third-order valence-corrected chi connectivity index (χ3v) is 2.49. The van der Waals surface area contributed by atoms with E-state index in [1.165, 1.54) is 0 Å². The third-order valence-electron chi connectivity index (χ3n) is 2.02. The smallest absolute Gasteiger partial charge is 0.163 e. The number of carbonyl (C=O) groups excluding carboxylic acids is 1. The Labute approximate surface area is 68.9 Å². The van der Waals surface area contributed by atoms with Crippen molar-refractivity contribution in [3.05, 3.63) is 35.4 Å². The van der Waals surface area contributed by atoms with Gasteiger partial charge in [-0.3, -0.25) is 4.79 Å². The van der Waals surface area contributed by atoms with E-state index in [1.807, 2.05) is 24.3 Å². The van der Waals surface area contributed by atoms with Crippen molar-refractivity contribution in [3.63, 3.8) is 0 Å². The zero-order chi connectivity index (χ0) is 7.84. The van der Waals surface area contributed by atoms with Gasteiger partial charge >= 0.3 is 0 Å². The number of fused-ring (bicyclic) bond motifs is 1. The summed E-state index contributed by atoms with van der Waals surface area (Å²) in [6, 6.07) is 7.77. The van der Waals surface area contributed by atoms with E-state index in [-0.39, 0.29) is 11.3 Å². The molecule has 0 bridgehead atoms. The maximum atomic E-state index is 11.3. The van der Waals surface area contributed by atoms with E-state index in [4.69, 9.17) is 0 Å². The number of hydrogen-bond donors (Lipinski definition) is 0. The molecule has 0 N–H and O–H groups in total. The number of benzene rings is 1. The molecule has 3 radical (unpaired) electrons. The molecule has 0 heterocycles. The van der Waals surface area contributed by atoms with Crippen LogP contribution in [0.1, 0.15) is 15.9 Å². The fourth-order valence-electron chi connectivity index (χ4n) is 1.44. The second-order valence-electron chi connectivity index (χ2n) is 2.78. The Bertz CT molecular complexity index is 306. The van der Waals surface area contributed by atoms with E-state index in [0.717, 1.165) is 17.5 Å². The van der Waals surface area contributed by atoms with Crippen LogP contribution in [-0.2, 0) is 6.42 Å². The fourth-order valence-corrected chi connectivity index (χ4v) is 1.81. The van der Waals surface area contributed by atoms with Crippen molar-refractivity contribution in [2.75, 3.05) is 0 Å². The predicted octanol–water partition coefficient (Wildman–Crippen LogP) is 1.38. The summed E-state index contributed by atoms with van der Waals surface area (Å²) < 4.78 is 0. The van der Waals surface area contributed by atoms with Crippen LogP contribution in [-0.4, -0.2) is 16.0 Å². The first-order valence-corrected chi connectivity index (χ1v) is 4.20. The summed E-state index contributed by atoms with van der Waals surface area (Å²) in [6.45, 7) is 0. The molecule has 1 unspecified atom stereocenters. The van der Waals surface area contributed by atoms with Crippen LogP contribution in [0.5, 0.6) is 0 Å². The summed E-state index contributed by atoms with van der Waals surface area (Å²) >= 11 is 0. The van der Waals surface area contributed by atoms with Gasteiger partial charge in [0.2, 0.25) is 0 Å². The SMILES string of the molecule is O=C1c2ccccc2CC1[Si]. The molecule has 0 fully saturated rings. The number of Topliss-reactive ketones (excluding diaryl/α,β-unsaturated/α-hetero) is 1. The average Bonchev–Trinajstić information content (AvgIpc) is 2.30. The molecule has 0 saturated carbocycles. The lowest BCUT2D eigenvalue weighted by Gasteiger charge is -1.93. The van der Waals surface area contributed by atoms with Crippen LogP contribution in [0.2, 0.25) is 5.54 Å². The fraction of sp³-hybridized carbons (Fsp3) is 0.222. The van der Waals surface area contributed by atoms with Gasteiger partial charge in [-0.2, -0.15) is 0 Å². The maximum Gasteiger partial charge on any atom is 0.163 e. The Morgan fingerprint density at radius 3 is 2.82 bits per heavy atom. The first-order valence-electron chi connectivity index (χ1n) is 3.62. The van der Waals surface area contributed by atoms with Gasteiger partial charge in [0.15, 0.2) is 5.78 Å². The van der Waals surface area contributed by atoms with Crippen molar-refractivity contribution < 1.29 is 4.79 Å². The van der Waals surface area contributed by atoms with Crippen LogP contribution in [0.3, 0.4) is 0 Å². The summed E-state index contributed by atoms with van der Waals surface area (Å²) in [5.74, 6) is 0.220. The zero-order valence-corrected chi connectivity index (χ0v) is 7.00. The standard InChI is InChI=1S/C9H7OSi/c10-9-7-4-2-1-3-6(7)5-8(9)11/h1-4,8H,5H2. The molecule has 0 amide bonds. The first-order chi connectivity index (χ1) is 5.29. The Hall–Kier alpha value is -0.893. The van der Waals surface area contributed by atoms with Crippen molar-refractivity contribution in [2.24, 2.45) is 0 Å². The molecule has 0 saturated heterocycles. The average molecular weight is 159 g/mol. The lowest BCUT2D eigenvalue weighted by atomic mass is 10.1. The van der Waals surface area contributed by atoms with Gasteiger partial charge < -0.3 is 0 Å². The van der Waals surface area contributed by atoms with Gasteiger partial charge in [0.05, 0.1) is 0 Å². The minimum atomic E-state index is 0.00685. The molecule has 2 heteroatoms. The van der Waals surface area contributed by atoms with Gasteiger partial charge in [-0.25, -0.2) is 0 Å². The predicted molar refractivity (Wildman–Crippen MR) is 44.0 cm³/mol. The highest BCUT2D eigenvalue weighted by Crippen LogP contribution is 2.27. The lowest BCUT2D eigenvalue weighted by molar-refractivity contribution is 0.0995. The Balaban J connectivity index is 2.55. The number of carbonyl (C=O) groups is 1. The largest absolute Gasteiger partial charge is 0.294 e. The van der Waals surface area contributed by atoms with Gasteiger partial charge in [-0.1, -0.05) is 24.3 Å². The molecule has 1 nitrogen and oxygen atoms in total. The van der Waals surface area contributed by atoms with Gasteiger partial charge in [-0.05, 0) is 12.0 Å². The van der Waals surface area contributed by atoms with Crippen molar-refractivity contribution >= 4 is 16.0 Å². The topological polar surface area (TPSA) is 17.1 Å². The van der Waals surface area contributed by atoms with Crippen molar-refractivity contribution in [1.82, 2.24) is 0 Å². The van der Waals surface area contributed by atoms with Gasteiger partial charge in [0.25, 0.3) is 0 Å². The third kappa shape index (κ3) is 0.941. The minimum absolute atomic E-state index is 0.00685. The van der Waals surface area contributed by atoms with E-state index in [0.29, 0.717) is 0 Å². The van der Waals surface area contributed by atoms with Crippen molar-refractivity contribution in [3.8, 4) is 0 Å². The van der Waals surface area contributed by atoms with Crippen LogP contribution in [0.25, 0.3) is 0 Å². The molecular weight excluding hydrogens is 152 g/mol. The van der Waals surface area contributed by atoms with E-state index < -0.39 is 0 Å². The number of rotatable bonds is 0. The quantitative estimate of drug-likeness (QED) is 0.523. The molecule has 11 heavy (non-hydrogen) atoms. The second kappa shape index (κ2) is 2.31. The highest BCUT2D eigenvalue weighted by molar-refractivity contribution is 6.29. The number of hydrogen-bond acceptors (Lipinski definition) is 1. The summed E-state index contributed by atoms with van der Waals surface area (Å²) in [7, 11) is 3.38. The van der Waals surface area contributed by atoms with Crippen LogP contribution in [0, 0.1) is 0 Å². The summed E-state index contributed by atoms with van der Waals surface area (Å²) in [5, 5.41) is 0. The second-order valence-corrected chi connectivity index (χ2v) is 3.48. The summed E-state index contributed by atoms with van der Waals surface area (Å²) in [6.07, 6.45) is 0.839.